The van der Waals surface area contributed by atoms with Gasteiger partial charge in [-0.15, -0.1) is 6.58 Å². The maximum atomic E-state index is 14.5. The van der Waals surface area contributed by atoms with Crippen molar-refractivity contribution >= 4 is 22.6 Å². The highest BCUT2D eigenvalue weighted by atomic mass is 16.7. The summed E-state index contributed by atoms with van der Waals surface area (Å²) in [5.41, 5.74) is 3.73. The number of carbonyl (C=O) groups is 1. The zero-order valence-electron chi connectivity index (χ0n) is 33.5. The van der Waals surface area contributed by atoms with Gasteiger partial charge in [-0.05, 0) is 84.6 Å². The van der Waals surface area contributed by atoms with E-state index < -0.39 is 23.8 Å². The van der Waals surface area contributed by atoms with Crippen molar-refractivity contribution in [2.45, 2.75) is 76.2 Å². The maximum Gasteiger partial charge on any atom is 0.410 e. The van der Waals surface area contributed by atoms with Gasteiger partial charge < -0.3 is 34.0 Å². The first kappa shape index (κ1) is 40.8. The number of allylic oxidation sites excluding steroid dienone is 1. The van der Waals surface area contributed by atoms with Gasteiger partial charge in [0.25, 0.3) is 0 Å². The van der Waals surface area contributed by atoms with Gasteiger partial charge in [-0.2, -0.15) is 0 Å². The minimum atomic E-state index is -1.38. The first-order chi connectivity index (χ1) is 28.0. The molecular weight excluding hydrogens is 723 g/mol. The second kappa shape index (κ2) is 18.9. The van der Waals surface area contributed by atoms with Crippen molar-refractivity contribution in [2.75, 3.05) is 59.8 Å². The van der Waals surface area contributed by atoms with E-state index in [0.717, 1.165) is 84.3 Å². The maximum absolute atomic E-state index is 14.5. The average molecular weight is 782 g/mol. The average Bonchev–Trinajstić information content (AvgIpc) is 4.06. The number of rotatable bonds is 20. The molecule has 0 radical (unpaired) electrons. The molecule has 0 spiro atoms. The summed E-state index contributed by atoms with van der Waals surface area (Å²) in [7, 11) is 1.56. The van der Waals surface area contributed by atoms with Crippen molar-refractivity contribution in [1.29, 1.82) is 0 Å². The van der Waals surface area contributed by atoms with Gasteiger partial charge in [0.1, 0.15) is 31.3 Å². The lowest BCUT2D eigenvalue weighted by atomic mass is 9.55. The summed E-state index contributed by atoms with van der Waals surface area (Å²) in [4.78, 5) is 24.2. The van der Waals surface area contributed by atoms with Gasteiger partial charge >= 0.3 is 6.09 Å². The second-order valence-electron chi connectivity index (χ2n) is 15.6. The monoisotopic (exact) mass is 781 g/mol. The highest BCUT2D eigenvalue weighted by molar-refractivity contribution is 6.03. The molecule has 2 heterocycles. The number of unbranched alkanes of at least 4 members (excludes halogenated alkanes) is 2. The van der Waals surface area contributed by atoms with Crippen LogP contribution < -0.4 is 9.47 Å². The quantitative estimate of drug-likeness (QED) is 0.0521. The number of carbonyl (C=O) groups excluding carboxylic acids is 1. The van der Waals surface area contributed by atoms with Crippen LogP contribution in [0, 0.1) is 17.8 Å². The van der Waals surface area contributed by atoms with Crippen LogP contribution in [-0.4, -0.2) is 103 Å². The number of hydrogen-bond donors (Lipinski definition) is 2. The molecule has 0 aromatic heterocycles. The number of hydrogen-bond acceptors (Lipinski definition) is 10. The molecular formula is C46H59N3O8. The summed E-state index contributed by atoms with van der Waals surface area (Å²) in [6.45, 7) is 10.4. The van der Waals surface area contributed by atoms with Crippen LogP contribution in [0.5, 0.6) is 11.5 Å². The summed E-state index contributed by atoms with van der Waals surface area (Å²) in [5, 5.41) is 26.6. The topological polar surface area (TPSA) is 122 Å². The van der Waals surface area contributed by atoms with E-state index in [1.54, 1.807) is 18.1 Å². The van der Waals surface area contributed by atoms with Crippen LogP contribution in [-0.2, 0) is 20.9 Å². The molecule has 1 saturated carbocycles. The Kier molecular flexibility index (Phi) is 13.5. The minimum absolute atomic E-state index is 0.114. The largest absolute Gasteiger partial charge is 0.492 e. The molecule has 7 rings (SSSR count). The molecule has 57 heavy (non-hydrogen) atoms. The molecule has 2 aliphatic heterocycles. The molecule has 11 heteroatoms. The fourth-order valence-corrected chi connectivity index (χ4v) is 9.56. The van der Waals surface area contributed by atoms with Crippen LogP contribution in [0.4, 0.5) is 4.79 Å². The van der Waals surface area contributed by atoms with Gasteiger partial charge in [-0.1, -0.05) is 72.6 Å². The molecule has 4 aliphatic rings. The predicted octanol–water partition coefficient (Wildman–Crippen LogP) is 7.46. The molecule has 0 bridgehead atoms. The summed E-state index contributed by atoms with van der Waals surface area (Å²) in [6.07, 6.45) is 8.72. The molecule has 6 atom stereocenters. The van der Waals surface area contributed by atoms with Crippen LogP contribution in [0.2, 0.25) is 0 Å². The smallest absolute Gasteiger partial charge is 0.410 e. The van der Waals surface area contributed by atoms with E-state index in [1.807, 2.05) is 37.3 Å². The van der Waals surface area contributed by atoms with E-state index in [4.69, 9.17) is 28.9 Å². The van der Waals surface area contributed by atoms with E-state index in [9.17, 15) is 15.0 Å². The number of aliphatic hydroxyl groups excluding tert-OH is 2. The minimum Gasteiger partial charge on any atom is -0.492 e. The van der Waals surface area contributed by atoms with Crippen molar-refractivity contribution < 1.29 is 38.8 Å². The van der Waals surface area contributed by atoms with E-state index >= 15 is 0 Å². The molecule has 0 unspecified atom stereocenters. The van der Waals surface area contributed by atoms with E-state index in [0.29, 0.717) is 25.2 Å². The van der Waals surface area contributed by atoms with Crippen LogP contribution in [0.15, 0.2) is 90.1 Å². The Hall–Kier alpha value is -4.42. The van der Waals surface area contributed by atoms with Crippen LogP contribution >= 0.6 is 0 Å². The fourth-order valence-electron chi connectivity index (χ4n) is 9.56. The number of aliphatic hydroxyl groups is 2. The Balaban J connectivity index is 1.42. The van der Waals surface area contributed by atoms with E-state index in [-0.39, 0.29) is 57.1 Å². The number of ether oxygens (including phenoxy) is 4. The summed E-state index contributed by atoms with van der Waals surface area (Å²) in [5.74, 6) is -0.216. The van der Waals surface area contributed by atoms with Crippen molar-refractivity contribution in [3.8, 4) is 11.5 Å². The molecule has 1 amide bonds. The van der Waals surface area contributed by atoms with Gasteiger partial charge in [0, 0.05) is 50.8 Å². The Morgan fingerprint density at radius 3 is 2.60 bits per heavy atom. The Labute approximate surface area is 336 Å². The van der Waals surface area contributed by atoms with Crippen LogP contribution in [0.3, 0.4) is 0 Å². The normalized spacial score (nSPS) is 25.5. The highest BCUT2D eigenvalue weighted by Gasteiger charge is 2.65. The van der Waals surface area contributed by atoms with Crippen LogP contribution in [0.1, 0.15) is 68.9 Å². The third kappa shape index (κ3) is 8.72. The first-order valence-corrected chi connectivity index (χ1v) is 20.8. The van der Waals surface area contributed by atoms with Crippen molar-refractivity contribution in [3.05, 3.63) is 96.1 Å². The molecule has 3 aromatic carbocycles. The summed E-state index contributed by atoms with van der Waals surface area (Å²) >= 11 is 0. The van der Waals surface area contributed by atoms with E-state index in [1.165, 1.54) is 0 Å². The van der Waals surface area contributed by atoms with Gasteiger partial charge in [-0.25, -0.2) is 4.79 Å². The van der Waals surface area contributed by atoms with Gasteiger partial charge in [0.05, 0.1) is 31.4 Å². The van der Waals surface area contributed by atoms with Crippen molar-refractivity contribution in [1.82, 2.24) is 9.80 Å². The molecule has 2 fully saturated rings. The van der Waals surface area contributed by atoms with Crippen molar-refractivity contribution in [2.24, 2.45) is 22.9 Å². The molecule has 2 N–H and O–H groups in total. The molecule has 2 aliphatic carbocycles. The second-order valence-corrected chi connectivity index (χ2v) is 15.6. The number of nitrogens with zero attached hydrogens (tertiary/aromatic N) is 3. The van der Waals surface area contributed by atoms with Crippen LogP contribution in [0.25, 0.3) is 10.8 Å². The molecule has 1 saturated heterocycles. The van der Waals surface area contributed by atoms with Gasteiger partial charge in [0.15, 0.2) is 0 Å². The lowest BCUT2D eigenvalue weighted by molar-refractivity contribution is -0.256. The SMILES string of the molecule is C=CCO[C@@]12Oc3ccc(OCCN4CC4)cc3[C@H]3[C@H](CCCCO)[C@@H](CCCCO)C=C(C(=NOC)C[C@@H]1N(Cc1cccc4ccccc14)C(=O)OCC)[C@H]32. The van der Waals surface area contributed by atoms with Crippen molar-refractivity contribution in [3.63, 3.8) is 0 Å². The third-order valence-electron chi connectivity index (χ3n) is 12.2. The Morgan fingerprint density at radius 2 is 1.84 bits per heavy atom. The number of oxime groups is 1. The highest BCUT2D eigenvalue weighted by Crippen LogP contribution is 2.62. The zero-order chi connectivity index (χ0) is 39.8. The molecule has 306 valence electrons. The fraction of sp³-hybridized carbons (Fsp3) is 0.522. The number of benzene rings is 3. The number of amides is 1. The predicted molar refractivity (Wildman–Crippen MR) is 220 cm³/mol. The van der Waals surface area contributed by atoms with E-state index in [2.05, 4.69) is 47.9 Å². The molecule has 11 nitrogen and oxygen atoms in total. The number of fused-ring (bicyclic) bond motifs is 3. The standard InChI is InChI=1S/C46H59N3O8/c1-4-26-56-46-42(49(45(52)54-5-2)31-34-16-12-15-32-13-6-7-17-36(32)34)30-40(47-53-3)38-28-33(14-8-10-24-50)37(18-9-11-25-51)43(44(38)46)39-29-35(19-20-41(39)57-46)55-27-23-48-21-22-48/h4,6-7,12-13,15-17,19-20,28-29,33,37,42-44,50-51H,1,5,8-11,14,18,21-27,30-31H2,2-3H3/t33-,37+,42-,43+,44+,46+/m0/s1. The lowest BCUT2D eigenvalue weighted by Crippen LogP contribution is -2.70. The summed E-state index contributed by atoms with van der Waals surface area (Å²) in [6, 6.07) is 19.7. The molecule has 3 aromatic rings. The first-order valence-electron chi connectivity index (χ1n) is 20.8. The van der Waals surface area contributed by atoms with Gasteiger partial charge in [0.2, 0.25) is 5.79 Å². The summed E-state index contributed by atoms with van der Waals surface area (Å²) < 4.78 is 26.7. The third-order valence-corrected chi connectivity index (χ3v) is 12.2. The van der Waals surface area contributed by atoms with Gasteiger partial charge in [-0.3, -0.25) is 9.80 Å². The Bertz CT molecular complexity index is 1910. The Morgan fingerprint density at radius 1 is 1.05 bits per heavy atom. The zero-order valence-corrected chi connectivity index (χ0v) is 33.5. The lowest BCUT2D eigenvalue weighted by Gasteiger charge is -2.59.